The second-order valence-electron chi connectivity index (χ2n) is 3.34. The summed E-state index contributed by atoms with van der Waals surface area (Å²) in [5.41, 5.74) is 1.11. The molecule has 2 nitrogen and oxygen atoms in total. The van der Waals surface area contributed by atoms with Crippen LogP contribution in [0.5, 0.6) is 0 Å². The Kier molecular flexibility index (Phi) is 5.84. The largest absolute Gasteiger partial charge is 0.372 e. The summed E-state index contributed by atoms with van der Waals surface area (Å²) in [5.74, 6) is 0. The van der Waals surface area contributed by atoms with Crippen molar-refractivity contribution in [1.82, 2.24) is 0 Å². The van der Waals surface area contributed by atoms with Gasteiger partial charge in [0.1, 0.15) is 0 Å². The van der Waals surface area contributed by atoms with E-state index in [4.69, 9.17) is 10.00 Å². The van der Waals surface area contributed by atoms with Crippen LogP contribution in [0.4, 0.5) is 0 Å². The highest BCUT2D eigenvalue weighted by Gasteiger charge is 2.09. The first-order chi connectivity index (χ1) is 7.77. The molecule has 0 aromatic heterocycles. The van der Waals surface area contributed by atoms with Crippen molar-refractivity contribution in [3.05, 3.63) is 47.0 Å². The van der Waals surface area contributed by atoms with E-state index in [9.17, 15) is 0 Å². The van der Waals surface area contributed by atoms with Gasteiger partial charge in [-0.05, 0) is 24.1 Å². The van der Waals surface area contributed by atoms with Crippen LogP contribution in [0.3, 0.4) is 0 Å². The molecule has 16 heavy (non-hydrogen) atoms. The Labute approximate surface area is 105 Å². The van der Waals surface area contributed by atoms with Crippen molar-refractivity contribution in [2.45, 2.75) is 18.9 Å². The Balaban J connectivity index is 2.65. The monoisotopic (exact) mass is 279 g/mol. The fraction of sp³-hybridized carbons (Fsp3) is 0.308. The van der Waals surface area contributed by atoms with Crippen LogP contribution in [0.2, 0.25) is 0 Å². The maximum Gasteiger partial charge on any atom is 0.0859 e. The molecule has 0 N–H and O–H groups in total. The number of rotatable bonds is 6. The molecule has 0 bridgehead atoms. The minimum absolute atomic E-state index is 0.000972. The maximum absolute atomic E-state index is 8.46. The average Bonchev–Trinajstić information content (AvgIpc) is 2.29. The SMILES string of the molecule is C=CC[C@H](OCCC#N)c1ccc(Br)cc1. The third-order valence-corrected chi connectivity index (χ3v) is 2.68. The summed E-state index contributed by atoms with van der Waals surface area (Å²) in [4.78, 5) is 0. The van der Waals surface area contributed by atoms with Crippen LogP contribution in [0.25, 0.3) is 0 Å². The molecule has 0 spiro atoms. The standard InChI is InChI=1S/C13H14BrNO/c1-2-4-13(16-10-3-9-15)11-5-7-12(14)8-6-11/h2,5-8,13H,1,3-4,10H2/t13-/m0/s1. The van der Waals surface area contributed by atoms with E-state index in [1.807, 2.05) is 30.3 Å². The molecule has 0 heterocycles. The maximum atomic E-state index is 8.46. The van der Waals surface area contributed by atoms with Gasteiger partial charge in [-0.1, -0.05) is 34.1 Å². The second-order valence-corrected chi connectivity index (χ2v) is 4.26. The zero-order valence-electron chi connectivity index (χ0n) is 9.03. The third kappa shape index (κ3) is 4.18. The highest BCUT2D eigenvalue weighted by atomic mass is 79.9. The zero-order chi connectivity index (χ0) is 11.8. The Morgan fingerprint density at radius 1 is 1.44 bits per heavy atom. The van der Waals surface area contributed by atoms with Crippen molar-refractivity contribution in [1.29, 1.82) is 5.26 Å². The predicted molar refractivity (Wildman–Crippen MR) is 67.9 cm³/mol. The summed E-state index contributed by atoms with van der Waals surface area (Å²) in [5, 5.41) is 8.46. The molecule has 0 unspecified atom stereocenters. The van der Waals surface area contributed by atoms with Crippen LogP contribution in [-0.2, 0) is 4.74 Å². The van der Waals surface area contributed by atoms with Gasteiger partial charge in [0.05, 0.1) is 25.2 Å². The summed E-state index contributed by atoms with van der Waals surface area (Å²) >= 11 is 3.39. The molecule has 0 aliphatic rings. The molecule has 84 valence electrons. The fourth-order valence-corrected chi connectivity index (χ4v) is 1.64. The normalized spacial score (nSPS) is 11.8. The number of halogens is 1. The topological polar surface area (TPSA) is 33.0 Å². The number of ether oxygens (including phenoxy) is 1. The van der Waals surface area contributed by atoms with Gasteiger partial charge in [-0.15, -0.1) is 6.58 Å². The number of benzene rings is 1. The van der Waals surface area contributed by atoms with E-state index in [1.54, 1.807) is 0 Å². The Hall–Kier alpha value is -1.11. The van der Waals surface area contributed by atoms with E-state index in [1.165, 1.54) is 0 Å². The van der Waals surface area contributed by atoms with Crippen molar-refractivity contribution in [3.8, 4) is 6.07 Å². The van der Waals surface area contributed by atoms with Crippen LogP contribution in [-0.4, -0.2) is 6.61 Å². The molecule has 0 amide bonds. The molecule has 0 fully saturated rings. The summed E-state index contributed by atoms with van der Waals surface area (Å²) in [6, 6.07) is 10.1. The first kappa shape index (κ1) is 13.0. The highest BCUT2D eigenvalue weighted by molar-refractivity contribution is 9.10. The van der Waals surface area contributed by atoms with Gasteiger partial charge in [-0.2, -0.15) is 5.26 Å². The van der Waals surface area contributed by atoms with Crippen LogP contribution >= 0.6 is 15.9 Å². The first-order valence-corrected chi connectivity index (χ1v) is 5.92. The van der Waals surface area contributed by atoms with E-state index in [0.717, 1.165) is 16.5 Å². The molecule has 1 aromatic carbocycles. The van der Waals surface area contributed by atoms with Crippen LogP contribution in [0, 0.1) is 11.3 Å². The van der Waals surface area contributed by atoms with Gasteiger partial charge in [-0.3, -0.25) is 0 Å². The molecule has 0 aliphatic carbocycles. The third-order valence-electron chi connectivity index (χ3n) is 2.16. The lowest BCUT2D eigenvalue weighted by Crippen LogP contribution is -2.04. The van der Waals surface area contributed by atoms with Crippen LogP contribution < -0.4 is 0 Å². The minimum Gasteiger partial charge on any atom is -0.372 e. The summed E-state index contributed by atoms with van der Waals surface area (Å²) in [6.45, 7) is 4.18. The molecule has 0 aliphatic heterocycles. The molecular weight excluding hydrogens is 266 g/mol. The van der Waals surface area contributed by atoms with Gasteiger partial charge in [0.25, 0.3) is 0 Å². The van der Waals surface area contributed by atoms with E-state index >= 15 is 0 Å². The lowest BCUT2D eigenvalue weighted by atomic mass is 10.1. The number of hydrogen-bond donors (Lipinski definition) is 0. The summed E-state index contributed by atoms with van der Waals surface area (Å²) in [7, 11) is 0. The molecule has 0 saturated heterocycles. The quantitative estimate of drug-likeness (QED) is 0.583. The molecule has 0 radical (unpaired) electrons. The van der Waals surface area contributed by atoms with Gasteiger partial charge < -0.3 is 4.74 Å². The lowest BCUT2D eigenvalue weighted by Gasteiger charge is -2.16. The molecule has 3 heteroatoms. The second kappa shape index (κ2) is 7.21. The predicted octanol–water partition coefficient (Wildman–Crippen LogP) is 4.00. The minimum atomic E-state index is -0.000972. The van der Waals surface area contributed by atoms with E-state index in [0.29, 0.717) is 13.0 Å². The summed E-state index contributed by atoms with van der Waals surface area (Å²) < 4.78 is 6.69. The Bertz CT molecular complexity index is 367. The van der Waals surface area contributed by atoms with Crippen molar-refractivity contribution < 1.29 is 4.74 Å². The molecule has 0 saturated carbocycles. The van der Waals surface area contributed by atoms with E-state index in [2.05, 4.69) is 28.6 Å². The van der Waals surface area contributed by atoms with Gasteiger partial charge in [-0.25, -0.2) is 0 Å². The Morgan fingerprint density at radius 2 is 2.12 bits per heavy atom. The fourth-order valence-electron chi connectivity index (χ4n) is 1.38. The highest BCUT2D eigenvalue weighted by Crippen LogP contribution is 2.23. The molecule has 1 atom stereocenters. The smallest absolute Gasteiger partial charge is 0.0859 e. The molecular formula is C13H14BrNO. The van der Waals surface area contributed by atoms with E-state index in [-0.39, 0.29) is 6.10 Å². The van der Waals surface area contributed by atoms with Gasteiger partial charge in [0.2, 0.25) is 0 Å². The van der Waals surface area contributed by atoms with Crippen LogP contribution in [0.1, 0.15) is 24.5 Å². The van der Waals surface area contributed by atoms with Crippen molar-refractivity contribution in [2.24, 2.45) is 0 Å². The molecule has 1 rings (SSSR count). The zero-order valence-corrected chi connectivity index (χ0v) is 10.6. The first-order valence-electron chi connectivity index (χ1n) is 5.13. The van der Waals surface area contributed by atoms with Gasteiger partial charge in [0, 0.05) is 4.47 Å². The molecule has 1 aromatic rings. The number of nitrogens with zero attached hydrogens (tertiary/aromatic N) is 1. The summed E-state index contributed by atoms with van der Waals surface area (Å²) in [6.07, 6.45) is 3.01. The van der Waals surface area contributed by atoms with Gasteiger partial charge >= 0.3 is 0 Å². The number of nitriles is 1. The lowest BCUT2D eigenvalue weighted by molar-refractivity contribution is 0.0588. The van der Waals surface area contributed by atoms with Crippen molar-refractivity contribution in [3.63, 3.8) is 0 Å². The number of hydrogen-bond acceptors (Lipinski definition) is 2. The van der Waals surface area contributed by atoms with Gasteiger partial charge in [0.15, 0.2) is 0 Å². The van der Waals surface area contributed by atoms with Crippen molar-refractivity contribution >= 4 is 15.9 Å². The van der Waals surface area contributed by atoms with E-state index < -0.39 is 0 Å². The average molecular weight is 280 g/mol. The van der Waals surface area contributed by atoms with Crippen LogP contribution in [0.15, 0.2) is 41.4 Å². The van der Waals surface area contributed by atoms with Crippen molar-refractivity contribution in [2.75, 3.05) is 6.61 Å². The Morgan fingerprint density at radius 3 is 2.69 bits per heavy atom.